The van der Waals surface area contributed by atoms with Gasteiger partial charge in [-0.2, -0.15) is 0 Å². The predicted octanol–water partition coefficient (Wildman–Crippen LogP) is 4.50. The predicted molar refractivity (Wildman–Crippen MR) is 152 cm³/mol. The molecule has 0 aliphatic heterocycles. The van der Waals surface area contributed by atoms with E-state index in [0.29, 0.717) is 37.1 Å². The summed E-state index contributed by atoms with van der Waals surface area (Å²) in [4.78, 5) is 26.2. The maximum absolute atomic E-state index is 13.1. The second-order valence-corrected chi connectivity index (χ2v) is 11.5. The van der Waals surface area contributed by atoms with Gasteiger partial charge in [-0.25, -0.2) is 13.6 Å². The van der Waals surface area contributed by atoms with Gasteiger partial charge in [-0.1, -0.05) is 91.3 Å². The second-order valence-electron chi connectivity index (χ2n) is 9.96. The number of rotatable bonds is 8. The normalized spacial score (nSPS) is 17.2. The summed E-state index contributed by atoms with van der Waals surface area (Å²) in [7, 11) is -3.85. The fourth-order valence-electron chi connectivity index (χ4n) is 5.42. The minimum absolute atomic E-state index is 0.0667. The standard InChI is InChI=1S/C31H31N3O4S/c32-39(37,38)29-14-4-3-11-26(29)23-17-15-21(16-18-23)19-33-30(35)27-12-6-13-28(27)31(36)34-20-24-9-5-8-22-7-1-2-10-25(22)24/h1-5,7-11,14-18,27-28H,6,12-13,19-20H2,(H,33,35)(H,34,36)(H2,32,37,38). The molecule has 0 radical (unpaired) electrons. The van der Waals surface area contributed by atoms with Gasteiger partial charge in [0.05, 0.1) is 4.90 Å². The second kappa shape index (κ2) is 11.4. The quantitative estimate of drug-likeness (QED) is 0.304. The number of hydrogen-bond acceptors (Lipinski definition) is 4. The van der Waals surface area contributed by atoms with Gasteiger partial charge in [0.15, 0.2) is 0 Å². The van der Waals surface area contributed by atoms with Crippen LogP contribution in [0.15, 0.2) is 95.9 Å². The summed E-state index contributed by atoms with van der Waals surface area (Å²) in [6.45, 7) is 0.739. The van der Waals surface area contributed by atoms with E-state index in [9.17, 15) is 18.0 Å². The Hall–Kier alpha value is -4.01. The summed E-state index contributed by atoms with van der Waals surface area (Å²) >= 11 is 0. The minimum atomic E-state index is -3.85. The van der Waals surface area contributed by atoms with Crippen LogP contribution in [0.4, 0.5) is 0 Å². The molecule has 1 fully saturated rings. The van der Waals surface area contributed by atoms with Crippen molar-refractivity contribution in [3.8, 4) is 11.1 Å². The van der Waals surface area contributed by atoms with Gasteiger partial charge >= 0.3 is 0 Å². The Kier molecular flexibility index (Phi) is 7.77. The van der Waals surface area contributed by atoms with Crippen molar-refractivity contribution >= 4 is 32.6 Å². The van der Waals surface area contributed by atoms with E-state index in [1.807, 2.05) is 54.6 Å². The van der Waals surface area contributed by atoms with E-state index in [0.717, 1.165) is 28.3 Å². The van der Waals surface area contributed by atoms with Crippen molar-refractivity contribution in [2.45, 2.75) is 37.2 Å². The molecule has 4 N–H and O–H groups in total. The van der Waals surface area contributed by atoms with Crippen LogP contribution in [-0.4, -0.2) is 20.2 Å². The molecule has 1 aliphatic carbocycles. The van der Waals surface area contributed by atoms with Crippen LogP contribution in [0, 0.1) is 11.8 Å². The first kappa shape index (κ1) is 26.6. The number of nitrogens with two attached hydrogens (primary N) is 1. The monoisotopic (exact) mass is 541 g/mol. The minimum Gasteiger partial charge on any atom is -0.352 e. The highest BCUT2D eigenvalue weighted by Gasteiger charge is 2.37. The van der Waals surface area contributed by atoms with Gasteiger partial charge in [0.2, 0.25) is 21.8 Å². The smallest absolute Gasteiger partial charge is 0.238 e. The van der Waals surface area contributed by atoms with Gasteiger partial charge in [-0.15, -0.1) is 0 Å². The number of sulfonamides is 1. The maximum atomic E-state index is 13.1. The maximum Gasteiger partial charge on any atom is 0.238 e. The Labute approximate surface area is 228 Å². The Morgan fingerprint density at radius 1 is 0.744 bits per heavy atom. The molecule has 2 unspecified atom stereocenters. The highest BCUT2D eigenvalue weighted by molar-refractivity contribution is 7.89. The van der Waals surface area contributed by atoms with E-state index >= 15 is 0 Å². The summed E-state index contributed by atoms with van der Waals surface area (Å²) in [5.74, 6) is -0.921. The summed E-state index contributed by atoms with van der Waals surface area (Å²) in [5, 5.41) is 13.6. The number of nitrogens with one attached hydrogen (secondary N) is 2. The van der Waals surface area contributed by atoms with Crippen LogP contribution in [0.5, 0.6) is 0 Å². The van der Waals surface area contributed by atoms with Gasteiger partial charge in [0.25, 0.3) is 0 Å². The Bertz CT molecular complexity index is 1610. The number of carbonyl (C=O) groups is 2. The molecule has 200 valence electrons. The highest BCUT2D eigenvalue weighted by Crippen LogP contribution is 2.32. The molecule has 2 atom stereocenters. The number of amides is 2. The van der Waals surface area contributed by atoms with Gasteiger partial charge in [-0.3, -0.25) is 9.59 Å². The zero-order valence-corrected chi connectivity index (χ0v) is 22.3. The lowest BCUT2D eigenvalue weighted by Gasteiger charge is -2.19. The number of carbonyl (C=O) groups excluding carboxylic acids is 2. The van der Waals surface area contributed by atoms with Crippen molar-refractivity contribution < 1.29 is 18.0 Å². The van der Waals surface area contributed by atoms with Crippen molar-refractivity contribution in [3.05, 3.63) is 102 Å². The molecule has 4 aromatic carbocycles. The van der Waals surface area contributed by atoms with Crippen LogP contribution >= 0.6 is 0 Å². The van der Waals surface area contributed by atoms with Crippen molar-refractivity contribution in [2.75, 3.05) is 0 Å². The van der Waals surface area contributed by atoms with E-state index < -0.39 is 10.0 Å². The molecule has 1 saturated carbocycles. The number of fused-ring (bicyclic) bond motifs is 1. The zero-order valence-electron chi connectivity index (χ0n) is 21.5. The third-order valence-electron chi connectivity index (χ3n) is 7.45. The topological polar surface area (TPSA) is 118 Å². The summed E-state index contributed by atoms with van der Waals surface area (Å²) in [6, 6.07) is 28.0. The van der Waals surface area contributed by atoms with Crippen molar-refractivity contribution in [3.63, 3.8) is 0 Å². The molecule has 0 spiro atoms. The molecule has 39 heavy (non-hydrogen) atoms. The van der Waals surface area contributed by atoms with Crippen molar-refractivity contribution in [1.29, 1.82) is 0 Å². The number of hydrogen-bond donors (Lipinski definition) is 3. The summed E-state index contributed by atoms with van der Waals surface area (Å²) < 4.78 is 23.9. The molecule has 4 aromatic rings. The average molecular weight is 542 g/mol. The van der Waals surface area contributed by atoms with E-state index in [1.165, 1.54) is 6.07 Å². The third-order valence-corrected chi connectivity index (χ3v) is 8.42. The average Bonchev–Trinajstić information content (AvgIpc) is 3.45. The molecule has 0 aromatic heterocycles. The molecule has 1 aliphatic rings. The lowest BCUT2D eigenvalue weighted by molar-refractivity contribution is -0.133. The molecule has 0 saturated heterocycles. The molecule has 8 heteroatoms. The van der Waals surface area contributed by atoms with E-state index in [2.05, 4.69) is 22.8 Å². The zero-order chi connectivity index (χ0) is 27.4. The first-order valence-corrected chi connectivity index (χ1v) is 14.6. The third kappa shape index (κ3) is 6.02. The van der Waals surface area contributed by atoms with Gasteiger partial charge in [0.1, 0.15) is 0 Å². The SMILES string of the molecule is NS(=O)(=O)c1ccccc1-c1ccc(CNC(=O)C2CCCC2C(=O)NCc2cccc3ccccc23)cc1. The number of benzene rings is 4. The van der Waals surface area contributed by atoms with Crippen LogP contribution in [0.3, 0.4) is 0 Å². The number of primary sulfonamides is 1. The van der Waals surface area contributed by atoms with Crippen LogP contribution in [0.1, 0.15) is 30.4 Å². The highest BCUT2D eigenvalue weighted by atomic mass is 32.2. The van der Waals surface area contributed by atoms with E-state index in [-0.39, 0.29) is 28.5 Å². The van der Waals surface area contributed by atoms with Crippen LogP contribution in [-0.2, 0) is 32.7 Å². The van der Waals surface area contributed by atoms with Crippen LogP contribution < -0.4 is 15.8 Å². The summed E-state index contributed by atoms with van der Waals surface area (Å²) in [5.41, 5.74) is 3.16. The molecular formula is C31H31N3O4S. The first-order valence-electron chi connectivity index (χ1n) is 13.0. The Morgan fingerprint density at radius 2 is 1.36 bits per heavy atom. The molecule has 0 heterocycles. The lowest BCUT2D eigenvalue weighted by Crippen LogP contribution is -2.39. The van der Waals surface area contributed by atoms with Gasteiger partial charge in [-0.05, 0) is 46.4 Å². The van der Waals surface area contributed by atoms with Crippen LogP contribution in [0.25, 0.3) is 21.9 Å². The van der Waals surface area contributed by atoms with Crippen LogP contribution in [0.2, 0.25) is 0 Å². The fourth-order valence-corrected chi connectivity index (χ4v) is 6.18. The fraction of sp³-hybridized carbons (Fsp3) is 0.226. The Morgan fingerprint density at radius 3 is 2.08 bits per heavy atom. The van der Waals surface area contributed by atoms with Crippen molar-refractivity contribution in [2.24, 2.45) is 17.0 Å². The van der Waals surface area contributed by atoms with Gasteiger partial charge < -0.3 is 10.6 Å². The van der Waals surface area contributed by atoms with Gasteiger partial charge in [0, 0.05) is 30.5 Å². The van der Waals surface area contributed by atoms with E-state index in [1.54, 1.807) is 18.2 Å². The summed E-state index contributed by atoms with van der Waals surface area (Å²) in [6.07, 6.45) is 2.21. The Balaban J connectivity index is 1.19. The molecule has 0 bridgehead atoms. The molecule has 7 nitrogen and oxygen atoms in total. The molecule has 2 amide bonds. The van der Waals surface area contributed by atoms with E-state index in [4.69, 9.17) is 5.14 Å². The lowest BCUT2D eigenvalue weighted by atomic mass is 9.94. The largest absolute Gasteiger partial charge is 0.352 e. The molecular weight excluding hydrogens is 510 g/mol. The van der Waals surface area contributed by atoms with Crippen molar-refractivity contribution in [1.82, 2.24) is 10.6 Å². The molecule has 5 rings (SSSR count). The first-order chi connectivity index (χ1) is 18.8.